The van der Waals surface area contributed by atoms with Crippen LogP contribution in [0.5, 0.6) is 5.75 Å². The average molecular weight is 424 g/mol. The van der Waals surface area contributed by atoms with E-state index in [2.05, 4.69) is 10.5 Å². The fourth-order valence-corrected chi connectivity index (χ4v) is 3.58. The summed E-state index contributed by atoms with van der Waals surface area (Å²) in [5.41, 5.74) is 4.13. The van der Waals surface area contributed by atoms with E-state index in [9.17, 15) is 13.2 Å². The Balaban J connectivity index is 2.05. The minimum absolute atomic E-state index is 0.387. The SMILES string of the molecule is CCOc1ccc(/C=N\NC(=O)CN(c2ccc(Cl)cc2C)S(C)(=O)=O)cc1. The number of nitrogens with one attached hydrogen (secondary N) is 1. The number of benzene rings is 2. The molecule has 1 amide bonds. The number of hydrogen-bond acceptors (Lipinski definition) is 5. The molecule has 0 spiro atoms. The fraction of sp³-hybridized carbons (Fsp3) is 0.263. The van der Waals surface area contributed by atoms with E-state index in [1.807, 2.05) is 6.92 Å². The highest BCUT2D eigenvalue weighted by Crippen LogP contribution is 2.25. The fourth-order valence-electron chi connectivity index (χ4n) is 2.44. The predicted octanol–water partition coefficient (Wildman–Crippen LogP) is 2.96. The van der Waals surface area contributed by atoms with Crippen LogP contribution in [0.4, 0.5) is 5.69 Å². The molecule has 1 N–H and O–H groups in total. The van der Waals surface area contributed by atoms with E-state index in [1.165, 1.54) is 6.21 Å². The molecule has 2 rings (SSSR count). The van der Waals surface area contributed by atoms with Crippen LogP contribution in [-0.4, -0.2) is 39.9 Å². The highest BCUT2D eigenvalue weighted by molar-refractivity contribution is 7.92. The van der Waals surface area contributed by atoms with Crippen LogP contribution in [0.3, 0.4) is 0 Å². The van der Waals surface area contributed by atoms with Crippen molar-refractivity contribution in [2.45, 2.75) is 13.8 Å². The molecule has 0 atom stereocenters. The molecule has 0 aliphatic rings. The van der Waals surface area contributed by atoms with E-state index < -0.39 is 22.5 Å². The van der Waals surface area contributed by atoms with Crippen LogP contribution in [0.2, 0.25) is 5.02 Å². The summed E-state index contributed by atoms with van der Waals surface area (Å²) in [6, 6.07) is 11.9. The molecular weight excluding hydrogens is 402 g/mol. The van der Waals surface area contributed by atoms with Crippen LogP contribution in [0, 0.1) is 6.92 Å². The van der Waals surface area contributed by atoms with E-state index in [4.69, 9.17) is 16.3 Å². The first-order valence-electron chi connectivity index (χ1n) is 8.49. The molecule has 0 saturated carbocycles. The van der Waals surface area contributed by atoms with Gasteiger partial charge in [0.1, 0.15) is 12.3 Å². The average Bonchev–Trinajstić information content (AvgIpc) is 2.61. The van der Waals surface area contributed by atoms with Crippen molar-refractivity contribution in [1.29, 1.82) is 0 Å². The maximum Gasteiger partial charge on any atom is 0.260 e. The minimum atomic E-state index is -3.67. The third-order valence-corrected chi connectivity index (χ3v) is 5.07. The topological polar surface area (TPSA) is 88.1 Å². The van der Waals surface area contributed by atoms with Gasteiger partial charge in [-0.15, -0.1) is 0 Å². The van der Waals surface area contributed by atoms with Crippen LogP contribution in [-0.2, 0) is 14.8 Å². The number of carbonyl (C=O) groups is 1. The Kier molecular flexibility index (Phi) is 7.42. The molecule has 0 aliphatic heterocycles. The van der Waals surface area contributed by atoms with Crippen molar-refractivity contribution in [2.75, 3.05) is 23.7 Å². The van der Waals surface area contributed by atoms with Gasteiger partial charge in [-0.3, -0.25) is 9.10 Å². The first-order chi connectivity index (χ1) is 13.2. The molecule has 0 saturated heterocycles. The van der Waals surface area contributed by atoms with Gasteiger partial charge in [0.15, 0.2) is 0 Å². The van der Waals surface area contributed by atoms with E-state index >= 15 is 0 Å². The quantitative estimate of drug-likeness (QED) is 0.522. The predicted molar refractivity (Wildman–Crippen MR) is 112 cm³/mol. The Morgan fingerprint density at radius 1 is 1.25 bits per heavy atom. The third-order valence-electron chi connectivity index (χ3n) is 3.71. The van der Waals surface area contributed by atoms with E-state index in [-0.39, 0.29) is 0 Å². The van der Waals surface area contributed by atoms with Gasteiger partial charge in [-0.25, -0.2) is 13.8 Å². The van der Waals surface area contributed by atoms with Gasteiger partial charge in [-0.2, -0.15) is 5.10 Å². The third kappa shape index (κ3) is 6.24. The molecular formula is C19H22ClN3O4S. The molecule has 0 bridgehead atoms. The molecule has 150 valence electrons. The van der Waals surface area contributed by atoms with E-state index in [0.717, 1.165) is 21.9 Å². The molecule has 28 heavy (non-hydrogen) atoms. The number of anilines is 1. The highest BCUT2D eigenvalue weighted by atomic mass is 35.5. The summed E-state index contributed by atoms with van der Waals surface area (Å²) >= 11 is 5.92. The first kappa shape index (κ1) is 21.7. The Morgan fingerprint density at radius 3 is 2.50 bits per heavy atom. The molecule has 9 heteroatoms. The van der Waals surface area contributed by atoms with Crippen molar-refractivity contribution in [1.82, 2.24) is 5.43 Å². The molecule has 0 heterocycles. The van der Waals surface area contributed by atoms with Gasteiger partial charge in [0.05, 0.1) is 24.8 Å². The maximum atomic E-state index is 12.2. The Labute approximate surface area is 170 Å². The number of sulfonamides is 1. The normalized spacial score (nSPS) is 11.4. The van der Waals surface area contributed by atoms with Gasteiger partial charge < -0.3 is 4.74 Å². The van der Waals surface area contributed by atoms with Crippen LogP contribution < -0.4 is 14.5 Å². The van der Waals surface area contributed by atoms with Crippen molar-refractivity contribution in [3.63, 3.8) is 0 Å². The molecule has 0 aromatic heterocycles. The number of aryl methyl sites for hydroxylation is 1. The minimum Gasteiger partial charge on any atom is -0.494 e. The summed E-state index contributed by atoms with van der Waals surface area (Å²) in [5.74, 6) is 0.174. The molecule has 2 aromatic rings. The van der Waals surface area contributed by atoms with Crippen LogP contribution in [0.25, 0.3) is 0 Å². The van der Waals surface area contributed by atoms with Gasteiger partial charge in [-0.05, 0) is 67.4 Å². The van der Waals surface area contributed by atoms with Crippen molar-refractivity contribution in [3.05, 3.63) is 58.6 Å². The summed E-state index contributed by atoms with van der Waals surface area (Å²) in [5, 5.41) is 4.36. The lowest BCUT2D eigenvalue weighted by Crippen LogP contribution is -2.39. The molecule has 0 radical (unpaired) electrons. The largest absolute Gasteiger partial charge is 0.494 e. The summed E-state index contributed by atoms with van der Waals surface area (Å²) in [7, 11) is -3.67. The summed E-state index contributed by atoms with van der Waals surface area (Å²) in [6.45, 7) is 3.80. The zero-order chi connectivity index (χ0) is 20.7. The monoisotopic (exact) mass is 423 g/mol. The number of hydrogen-bond donors (Lipinski definition) is 1. The second-order valence-electron chi connectivity index (χ2n) is 6.00. The summed E-state index contributed by atoms with van der Waals surface area (Å²) in [4.78, 5) is 12.2. The van der Waals surface area contributed by atoms with Crippen LogP contribution in [0.15, 0.2) is 47.6 Å². The number of ether oxygens (including phenoxy) is 1. The van der Waals surface area contributed by atoms with E-state index in [1.54, 1.807) is 49.4 Å². The zero-order valence-electron chi connectivity index (χ0n) is 15.8. The van der Waals surface area contributed by atoms with Gasteiger partial charge in [-0.1, -0.05) is 11.6 Å². The summed E-state index contributed by atoms with van der Waals surface area (Å²) < 4.78 is 30.7. The number of rotatable bonds is 8. The van der Waals surface area contributed by atoms with Gasteiger partial charge in [0.25, 0.3) is 5.91 Å². The van der Waals surface area contributed by atoms with Gasteiger partial charge in [0.2, 0.25) is 10.0 Å². The molecule has 0 fully saturated rings. The lowest BCUT2D eigenvalue weighted by Gasteiger charge is -2.23. The molecule has 0 unspecified atom stereocenters. The lowest BCUT2D eigenvalue weighted by molar-refractivity contribution is -0.119. The van der Waals surface area contributed by atoms with Crippen molar-refractivity contribution >= 4 is 39.4 Å². The van der Waals surface area contributed by atoms with Gasteiger partial charge in [0, 0.05) is 5.02 Å². The van der Waals surface area contributed by atoms with E-state index in [0.29, 0.717) is 22.9 Å². The first-order valence-corrected chi connectivity index (χ1v) is 10.7. The molecule has 2 aromatic carbocycles. The Morgan fingerprint density at radius 2 is 1.93 bits per heavy atom. The zero-order valence-corrected chi connectivity index (χ0v) is 17.4. The molecule has 7 nitrogen and oxygen atoms in total. The number of hydrazone groups is 1. The Bertz CT molecular complexity index is 960. The second kappa shape index (κ2) is 9.57. The number of amides is 1. The van der Waals surface area contributed by atoms with Crippen molar-refractivity contribution in [2.24, 2.45) is 5.10 Å². The number of halogens is 1. The lowest BCUT2D eigenvalue weighted by atomic mass is 10.2. The maximum absolute atomic E-state index is 12.2. The van der Waals surface area contributed by atoms with Crippen molar-refractivity contribution < 1.29 is 17.9 Å². The number of carbonyl (C=O) groups excluding carboxylic acids is 1. The van der Waals surface area contributed by atoms with Gasteiger partial charge >= 0.3 is 0 Å². The highest BCUT2D eigenvalue weighted by Gasteiger charge is 2.22. The van der Waals surface area contributed by atoms with Crippen LogP contribution >= 0.6 is 11.6 Å². The molecule has 0 aliphatic carbocycles. The summed E-state index contributed by atoms with van der Waals surface area (Å²) in [6.07, 6.45) is 2.50. The standard InChI is InChI=1S/C19H22ClN3O4S/c1-4-27-17-8-5-15(6-9-17)12-21-22-19(24)13-23(28(3,25)26)18-10-7-16(20)11-14(18)2/h5-12H,4,13H2,1-3H3,(H,22,24)/b21-12-. The number of nitrogens with zero attached hydrogens (tertiary/aromatic N) is 2. The van der Waals surface area contributed by atoms with Crippen molar-refractivity contribution in [3.8, 4) is 5.75 Å². The Hall–Kier alpha value is -2.58. The van der Waals surface area contributed by atoms with Crippen LogP contribution in [0.1, 0.15) is 18.1 Å². The smallest absolute Gasteiger partial charge is 0.260 e. The second-order valence-corrected chi connectivity index (χ2v) is 8.34.